The molecule has 25 heavy (non-hydrogen) atoms. The number of carbonyl (C=O) groups is 1. The zero-order valence-electron chi connectivity index (χ0n) is 14.7. The summed E-state index contributed by atoms with van der Waals surface area (Å²) < 4.78 is 7.83. The van der Waals surface area contributed by atoms with Gasteiger partial charge in [0.2, 0.25) is 0 Å². The quantitative estimate of drug-likeness (QED) is 0.457. The highest BCUT2D eigenvalue weighted by Gasteiger charge is 2.18. The molecular formula is C20H22N2O2S. The van der Waals surface area contributed by atoms with Crippen LogP contribution in [0.2, 0.25) is 0 Å². The maximum Gasteiger partial charge on any atom is 0.169 e. The van der Waals surface area contributed by atoms with Gasteiger partial charge in [0.25, 0.3) is 0 Å². The van der Waals surface area contributed by atoms with Gasteiger partial charge in [-0.25, -0.2) is 4.98 Å². The van der Waals surface area contributed by atoms with E-state index < -0.39 is 0 Å². The number of ether oxygens (including phenoxy) is 1. The molecule has 5 heteroatoms. The Morgan fingerprint density at radius 2 is 2.04 bits per heavy atom. The van der Waals surface area contributed by atoms with E-state index in [1.54, 1.807) is 18.7 Å². The summed E-state index contributed by atoms with van der Waals surface area (Å²) in [5.41, 5.74) is 3.09. The Hall–Kier alpha value is -2.27. The lowest BCUT2D eigenvalue weighted by Gasteiger charge is -2.14. The number of benzene rings is 2. The van der Waals surface area contributed by atoms with Crippen LogP contribution in [-0.2, 0) is 4.79 Å². The van der Waals surface area contributed by atoms with Gasteiger partial charge in [-0.15, -0.1) is 0 Å². The first-order chi connectivity index (χ1) is 12.1. The second-order valence-electron chi connectivity index (χ2n) is 6.05. The van der Waals surface area contributed by atoms with Gasteiger partial charge in [-0.3, -0.25) is 4.79 Å². The van der Waals surface area contributed by atoms with Crippen molar-refractivity contribution in [1.82, 2.24) is 9.55 Å². The Kier molecular flexibility index (Phi) is 5.43. The average molecular weight is 354 g/mol. The number of aromatic nitrogens is 2. The molecule has 4 nitrogen and oxygen atoms in total. The molecule has 0 saturated carbocycles. The number of thioether (sulfide) groups is 1. The van der Waals surface area contributed by atoms with Crippen LogP contribution < -0.4 is 4.74 Å². The number of hydrogen-bond acceptors (Lipinski definition) is 4. The molecule has 0 radical (unpaired) electrons. The van der Waals surface area contributed by atoms with Crippen LogP contribution in [-0.4, -0.2) is 27.7 Å². The van der Waals surface area contributed by atoms with E-state index >= 15 is 0 Å². The van der Waals surface area contributed by atoms with Gasteiger partial charge in [-0.2, -0.15) is 0 Å². The van der Waals surface area contributed by atoms with Crippen molar-refractivity contribution >= 4 is 28.6 Å². The second-order valence-corrected chi connectivity index (χ2v) is 7.12. The van der Waals surface area contributed by atoms with E-state index in [1.165, 1.54) is 5.56 Å². The molecule has 130 valence electrons. The van der Waals surface area contributed by atoms with E-state index in [2.05, 4.69) is 0 Å². The van der Waals surface area contributed by atoms with Crippen molar-refractivity contribution < 1.29 is 9.53 Å². The predicted molar refractivity (Wildman–Crippen MR) is 103 cm³/mol. The van der Waals surface area contributed by atoms with Crippen LogP contribution in [0.3, 0.4) is 0 Å². The van der Waals surface area contributed by atoms with Crippen LogP contribution in [0, 0.1) is 6.92 Å². The molecule has 0 fully saturated rings. The number of imidazole rings is 1. The van der Waals surface area contributed by atoms with Crippen molar-refractivity contribution in [2.24, 2.45) is 0 Å². The zero-order chi connectivity index (χ0) is 17.8. The lowest BCUT2D eigenvalue weighted by Crippen LogP contribution is -2.14. The smallest absolute Gasteiger partial charge is 0.169 e. The zero-order valence-corrected chi connectivity index (χ0v) is 15.5. The summed E-state index contributed by atoms with van der Waals surface area (Å²) in [7, 11) is 0. The molecule has 0 aliphatic carbocycles. The van der Waals surface area contributed by atoms with Gasteiger partial charge in [0.05, 0.1) is 23.7 Å². The number of para-hydroxylation sites is 2. The van der Waals surface area contributed by atoms with Gasteiger partial charge in [0, 0.05) is 5.75 Å². The van der Waals surface area contributed by atoms with Crippen molar-refractivity contribution in [1.29, 1.82) is 0 Å². The number of aryl methyl sites for hydroxylation is 1. The summed E-state index contributed by atoms with van der Waals surface area (Å²) in [6.45, 7) is 6.18. The summed E-state index contributed by atoms with van der Waals surface area (Å²) >= 11 is 1.62. The molecule has 0 N–H and O–H groups in total. The fourth-order valence-corrected chi connectivity index (χ4v) is 3.59. The number of fused-ring (bicyclic) bond motifs is 1. The van der Waals surface area contributed by atoms with Crippen molar-refractivity contribution in [3.05, 3.63) is 54.1 Å². The third-order valence-electron chi connectivity index (χ3n) is 4.11. The molecular weight excluding hydrogens is 332 g/mol. The normalized spacial score (nSPS) is 12.3. The molecule has 0 saturated heterocycles. The summed E-state index contributed by atoms with van der Waals surface area (Å²) in [4.78, 5) is 16.6. The largest absolute Gasteiger partial charge is 0.493 e. The van der Waals surface area contributed by atoms with Crippen molar-refractivity contribution in [3.8, 4) is 5.75 Å². The minimum Gasteiger partial charge on any atom is -0.493 e. The molecule has 0 spiro atoms. The summed E-state index contributed by atoms with van der Waals surface area (Å²) in [5.74, 6) is 1.77. The van der Waals surface area contributed by atoms with E-state index in [0.29, 0.717) is 6.61 Å². The molecule has 3 aromatic rings. The third-order valence-corrected chi connectivity index (χ3v) is 5.03. The van der Waals surface area contributed by atoms with Gasteiger partial charge in [-0.1, -0.05) is 36.0 Å². The van der Waals surface area contributed by atoms with E-state index in [9.17, 15) is 4.79 Å². The van der Waals surface area contributed by atoms with Crippen molar-refractivity contribution in [2.75, 3.05) is 12.4 Å². The number of nitrogens with zero attached hydrogens (tertiary/aromatic N) is 2. The molecule has 0 amide bonds. The minimum atomic E-state index is -0.229. The Bertz CT molecular complexity index is 888. The number of carbonyl (C=O) groups excluding carboxylic acids is 1. The molecule has 0 unspecified atom stereocenters. The number of Topliss-reactive ketones (excluding diaryl/α,β-unsaturated/α-hetero) is 1. The maximum atomic E-state index is 11.9. The summed E-state index contributed by atoms with van der Waals surface area (Å²) in [6.07, 6.45) is 0. The first-order valence-electron chi connectivity index (χ1n) is 8.36. The van der Waals surface area contributed by atoms with E-state index in [4.69, 9.17) is 9.72 Å². The first kappa shape index (κ1) is 17.5. The monoisotopic (exact) mass is 354 g/mol. The molecule has 0 bridgehead atoms. The highest BCUT2D eigenvalue weighted by molar-refractivity contribution is 7.99. The average Bonchev–Trinajstić information content (AvgIpc) is 2.96. The molecule has 2 aromatic carbocycles. The van der Waals surface area contributed by atoms with E-state index in [1.807, 2.05) is 66.9 Å². The van der Waals surface area contributed by atoms with Crippen molar-refractivity contribution in [3.63, 3.8) is 0 Å². The van der Waals surface area contributed by atoms with Gasteiger partial charge in [0.1, 0.15) is 5.75 Å². The van der Waals surface area contributed by atoms with Crippen LogP contribution in [0.1, 0.15) is 25.5 Å². The molecule has 3 rings (SSSR count). The Morgan fingerprint density at radius 1 is 1.24 bits per heavy atom. The van der Waals surface area contributed by atoms with Crippen LogP contribution in [0.15, 0.2) is 53.7 Å². The SMILES string of the molecule is CC(=O)[C@@H](C)n1c(SCCOc2cccc(C)c2)nc2ccccc21. The van der Waals surface area contributed by atoms with E-state index in [-0.39, 0.29) is 11.8 Å². The Labute approximate surface area is 152 Å². The van der Waals surface area contributed by atoms with Crippen LogP contribution in [0.25, 0.3) is 11.0 Å². The topological polar surface area (TPSA) is 44.1 Å². The Balaban J connectivity index is 1.72. The molecule has 1 atom stereocenters. The molecule has 1 heterocycles. The van der Waals surface area contributed by atoms with Crippen molar-refractivity contribution in [2.45, 2.75) is 32.0 Å². The van der Waals surface area contributed by atoms with Crippen LogP contribution in [0.5, 0.6) is 5.75 Å². The summed E-state index contributed by atoms with van der Waals surface area (Å²) in [5, 5.41) is 0.858. The first-order valence-corrected chi connectivity index (χ1v) is 9.34. The van der Waals surface area contributed by atoms with Crippen LogP contribution >= 0.6 is 11.8 Å². The molecule has 0 aliphatic rings. The maximum absolute atomic E-state index is 11.9. The fraction of sp³-hybridized carbons (Fsp3) is 0.300. The van der Waals surface area contributed by atoms with Gasteiger partial charge in [0.15, 0.2) is 10.9 Å². The minimum absolute atomic E-state index is 0.126. The lowest BCUT2D eigenvalue weighted by atomic mass is 10.2. The van der Waals surface area contributed by atoms with Gasteiger partial charge in [-0.05, 0) is 50.6 Å². The van der Waals surface area contributed by atoms with Gasteiger partial charge < -0.3 is 9.30 Å². The van der Waals surface area contributed by atoms with E-state index in [0.717, 1.165) is 27.7 Å². The van der Waals surface area contributed by atoms with Gasteiger partial charge >= 0.3 is 0 Å². The Morgan fingerprint density at radius 3 is 2.80 bits per heavy atom. The number of hydrogen-bond donors (Lipinski definition) is 0. The fourth-order valence-electron chi connectivity index (χ4n) is 2.68. The summed E-state index contributed by atoms with van der Waals surface area (Å²) in [6, 6.07) is 15.7. The predicted octanol–water partition coefficient (Wildman–Crippen LogP) is 4.67. The number of ketones is 1. The second kappa shape index (κ2) is 7.74. The molecule has 0 aliphatic heterocycles. The lowest BCUT2D eigenvalue weighted by molar-refractivity contribution is -0.119. The van der Waals surface area contributed by atoms with Crippen LogP contribution in [0.4, 0.5) is 0 Å². The third kappa shape index (κ3) is 4.04. The number of rotatable bonds is 7. The molecule has 1 aromatic heterocycles. The highest BCUT2D eigenvalue weighted by atomic mass is 32.2. The highest BCUT2D eigenvalue weighted by Crippen LogP contribution is 2.28. The standard InChI is InChI=1S/C20H22N2O2S/c1-14-7-6-8-17(13-14)24-11-12-25-20-21-18-9-4-5-10-19(18)22(20)15(2)16(3)23/h4-10,13,15H,11-12H2,1-3H3/t15-/m1/s1.